The highest BCUT2D eigenvalue weighted by Gasteiger charge is 2.03. The standard InChI is InChI=1S/C14H22N4O2/c1-10(2)17-13(19)6-7-16-9-11-4-3-5-12(8-11)14(15)18-20/h3-5,8,10,16,20H,6-7,9H2,1-2H3,(H2,15,18)(H,17,19). The fraction of sp³-hybridized carbons (Fsp3) is 0.429. The summed E-state index contributed by atoms with van der Waals surface area (Å²) >= 11 is 0. The van der Waals surface area contributed by atoms with Gasteiger partial charge in [-0.15, -0.1) is 0 Å². The lowest BCUT2D eigenvalue weighted by Gasteiger charge is -2.09. The van der Waals surface area contributed by atoms with Crippen molar-refractivity contribution in [2.24, 2.45) is 10.9 Å². The smallest absolute Gasteiger partial charge is 0.221 e. The highest BCUT2D eigenvalue weighted by atomic mass is 16.4. The summed E-state index contributed by atoms with van der Waals surface area (Å²) in [4.78, 5) is 11.4. The lowest BCUT2D eigenvalue weighted by atomic mass is 10.1. The zero-order valence-corrected chi connectivity index (χ0v) is 11.9. The van der Waals surface area contributed by atoms with Gasteiger partial charge in [-0.1, -0.05) is 23.4 Å². The number of nitrogens with two attached hydrogens (primary N) is 1. The second-order valence-corrected chi connectivity index (χ2v) is 4.83. The molecule has 0 unspecified atom stereocenters. The Hall–Kier alpha value is -2.08. The van der Waals surface area contributed by atoms with Crippen LogP contribution in [0.4, 0.5) is 0 Å². The van der Waals surface area contributed by atoms with Gasteiger partial charge in [0.2, 0.25) is 5.91 Å². The minimum Gasteiger partial charge on any atom is -0.409 e. The Morgan fingerprint density at radius 2 is 2.20 bits per heavy atom. The van der Waals surface area contributed by atoms with Crippen molar-refractivity contribution in [3.8, 4) is 0 Å². The molecule has 0 aromatic heterocycles. The summed E-state index contributed by atoms with van der Waals surface area (Å²) in [6, 6.07) is 7.57. The van der Waals surface area contributed by atoms with Crippen LogP contribution in [0.5, 0.6) is 0 Å². The number of carbonyl (C=O) groups is 1. The molecule has 0 heterocycles. The van der Waals surface area contributed by atoms with Gasteiger partial charge in [-0.3, -0.25) is 4.79 Å². The average Bonchev–Trinajstić information content (AvgIpc) is 2.42. The summed E-state index contributed by atoms with van der Waals surface area (Å²) in [5, 5.41) is 17.6. The van der Waals surface area contributed by atoms with E-state index in [4.69, 9.17) is 10.9 Å². The van der Waals surface area contributed by atoms with Crippen molar-refractivity contribution in [2.75, 3.05) is 6.54 Å². The lowest BCUT2D eigenvalue weighted by Crippen LogP contribution is -2.32. The molecule has 0 fully saturated rings. The highest BCUT2D eigenvalue weighted by Crippen LogP contribution is 2.04. The molecule has 0 aliphatic heterocycles. The number of benzene rings is 1. The first-order valence-electron chi connectivity index (χ1n) is 6.60. The predicted octanol–water partition coefficient (Wildman–Crippen LogP) is 0.785. The Morgan fingerprint density at radius 1 is 1.45 bits per heavy atom. The fourth-order valence-corrected chi connectivity index (χ4v) is 1.73. The number of nitrogens with zero attached hydrogens (tertiary/aromatic N) is 1. The van der Waals surface area contributed by atoms with Gasteiger partial charge in [0.15, 0.2) is 5.84 Å². The van der Waals surface area contributed by atoms with Crippen LogP contribution < -0.4 is 16.4 Å². The van der Waals surface area contributed by atoms with Gasteiger partial charge in [0, 0.05) is 31.1 Å². The quantitative estimate of drug-likeness (QED) is 0.195. The third-order valence-corrected chi connectivity index (χ3v) is 2.64. The summed E-state index contributed by atoms with van der Waals surface area (Å²) in [7, 11) is 0. The van der Waals surface area contributed by atoms with Crippen LogP contribution in [0.25, 0.3) is 0 Å². The van der Waals surface area contributed by atoms with Gasteiger partial charge in [0.05, 0.1) is 0 Å². The van der Waals surface area contributed by atoms with Crippen LogP contribution in [0.1, 0.15) is 31.4 Å². The lowest BCUT2D eigenvalue weighted by molar-refractivity contribution is -0.121. The van der Waals surface area contributed by atoms with E-state index in [9.17, 15) is 4.79 Å². The number of amides is 1. The molecule has 6 heteroatoms. The summed E-state index contributed by atoms with van der Waals surface area (Å²) < 4.78 is 0. The molecule has 1 amide bonds. The monoisotopic (exact) mass is 278 g/mol. The number of nitrogens with one attached hydrogen (secondary N) is 2. The van der Waals surface area contributed by atoms with E-state index in [0.29, 0.717) is 25.1 Å². The van der Waals surface area contributed by atoms with Gasteiger partial charge in [-0.2, -0.15) is 0 Å². The van der Waals surface area contributed by atoms with Crippen LogP contribution in [0.15, 0.2) is 29.4 Å². The van der Waals surface area contributed by atoms with E-state index in [1.54, 1.807) is 6.07 Å². The van der Waals surface area contributed by atoms with Gasteiger partial charge >= 0.3 is 0 Å². The van der Waals surface area contributed by atoms with Crippen LogP contribution in [0.3, 0.4) is 0 Å². The fourth-order valence-electron chi connectivity index (χ4n) is 1.73. The van der Waals surface area contributed by atoms with Crippen molar-refractivity contribution in [3.05, 3.63) is 35.4 Å². The van der Waals surface area contributed by atoms with Crippen molar-refractivity contribution in [1.29, 1.82) is 0 Å². The Labute approximate surface area is 119 Å². The molecule has 0 aliphatic carbocycles. The molecule has 1 aromatic rings. The molecule has 110 valence electrons. The van der Waals surface area contributed by atoms with Crippen molar-refractivity contribution < 1.29 is 10.0 Å². The number of oxime groups is 1. The number of carbonyl (C=O) groups excluding carboxylic acids is 1. The molecule has 6 nitrogen and oxygen atoms in total. The van der Waals surface area contributed by atoms with Gasteiger partial charge in [-0.25, -0.2) is 0 Å². The maximum atomic E-state index is 11.4. The average molecular weight is 278 g/mol. The van der Waals surface area contributed by atoms with E-state index < -0.39 is 0 Å². The number of hydrogen-bond acceptors (Lipinski definition) is 4. The maximum absolute atomic E-state index is 11.4. The van der Waals surface area contributed by atoms with Crippen LogP contribution in [0, 0.1) is 0 Å². The summed E-state index contributed by atoms with van der Waals surface area (Å²) in [6.07, 6.45) is 0.443. The highest BCUT2D eigenvalue weighted by molar-refractivity contribution is 5.97. The Bertz CT molecular complexity index is 472. The molecule has 0 bridgehead atoms. The summed E-state index contributed by atoms with van der Waals surface area (Å²) in [5.74, 6) is 0.126. The third-order valence-electron chi connectivity index (χ3n) is 2.64. The van der Waals surface area contributed by atoms with Crippen molar-refractivity contribution in [2.45, 2.75) is 32.9 Å². The Morgan fingerprint density at radius 3 is 2.85 bits per heavy atom. The van der Waals surface area contributed by atoms with Crippen LogP contribution in [-0.2, 0) is 11.3 Å². The predicted molar refractivity (Wildman–Crippen MR) is 78.6 cm³/mol. The van der Waals surface area contributed by atoms with E-state index >= 15 is 0 Å². The molecule has 0 saturated heterocycles. The molecule has 0 atom stereocenters. The van der Waals surface area contributed by atoms with E-state index in [1.807, 2.05) is 32.0 Å². The minimum absolute atomic E-state index is 0.0397. The SMILES string of the molecule is CC(C)NC(=O)CCNCc1cccc(/C(N)=N/O)c1. The summed E-state index contributed by atoms with van der Waals surface area (Å²) in [6.45, 7) is 5.10. The largest absolute Gasteiger partial charge is 0.409 e. The Kier molecular flexibility index (Phi) is 6.52. The number of rotatable bonds is 7. The first-order chi connectivity index (χ1) is 9.52. The van der Waals surface area contributed by atoms with E-state index in [-0.39, 0.29) is 17.8 Å². The molecular formula is C14H22N4O2. The second-order valence-electron chi connectivity index (χ2n) is 4.83. The van der Waals surface area contributed by atoms with E-state index in [0.717, 1.165) is 5.56 Å². The minimum atomic E-state index is 0.0397. The molecule has 5 N–H and O–H groups in total. The number of amidine groups is 1. The van der Waals surface area contributed by atoms with Crippen LogP contribution in [-0.4, -0.2) is 29.5 Å². The first kappa shape index (κ1) is 16.0. The molecule has 0 radical (unpaired) electrons. The van der Waals surface area contributed by atoms with Gasteiger partial charge < -0.3 is 21.6 Å². The molecule has 0 saturated carbocycles. The zero-order valence-electron chi connectivity index (χ0n) is 11.9. The first-order valence-corrected chi connectivity index (χ1v) is 6.60. The topological polar surface area (TPSA) is 99.7 Å². The van der Waals surface area contributed by atoms with Crippen molar-refractivity contribution >= 4 is 11.7 Å². The maximum Gasteiger partial charge on any atom is 0.221 e. The van der Waals surface area contributed by atoms with Crippen molar-refractivity contribution in [1.82, 2.24) is 10.6 Å². The number of hydrogen-bond donors (Lipinski definition) is 4. The van der Waals surface area contributed by atoms with Gasteiger partial charge in [0.1, 0.15) is 0 Å². The molecular weight excluding hydrogens is 256 g/mol. The zero-order chi connectivity index (χ0) is 15.0. The van der Waals surface area contributed by atoms with Gasteiger partial charge in [0.25, 0.3) is 0 Å². The molecule has 0 spiro atoms. The Balaban J connectivity index is 2.37. The summed E-state index contributed by atoms with van der Waals surface area (Å²) in [5.41, 5.74) is 7.21. The van der Waals surface area contributed by atoms with E-state index in [1.165, 1.54) is 0 Å². The molecule has 0 aliphatic rings. The van der Waals surface area contributed by atoms with Crippen LogP contribution >= 0.6 is 0 Å². The molecule has 1 rings (SSSR count). The molecule has 1 aromatic carbocycles. The van der Waals surface area contributed by atoms with E-state index in [2.05, 4.69) is 15.8 Å². The third kappa shape index (κ3) is 5.71. The van der Waals surface area contributed by atoms with Crippen molar-refractivity contribution in [3.63, 3.8) is 0 Å². The van der Waals surface area contributed by atoms with Crippen LogP contribution in [0.2, 0.25) is 0 Å². The second kappa shape index (κ2) is 8.16. The molecule has 20 heavy (non-hydrogen) atoms. The normalized spacial score (nSPS) is 11.7. The van der Waals surface area contributed by atoms with Gasteiger partial charge in [-0.05, 0) is 25.5 Å².